The van der Waals surface area contributed by atoms with Crippen molar-refractivity contribution in [3.05, 3.63) is 58.6 Å². The first-order valence-electron chi connectivity index (χ1n) is 9.23. The number of amides is 2. The van der Waals surface area contributed by atoms with Crippen LogP contribution in [0.15, 0.2) is 42.5 Å². The zero-order valence-corrected chi connectivity index (χ0v) is 17.1. The number of methoxy groups -OCH3 is 1. The molecule has 2 amide bonds. The molecule has 7 nitrogen and oxygen atoms in total. The maximum absolute atomic E-state index is 11.5. The average molecular weight is 419 g/mol. The van der Waals surface area contributed by atoms with Gasteiger partial charge in [-0.1, -0.05) is 29.8 Å². The quantitative estimate of drug-likeness (QED) is 0.671. The molecule has 8 heteroatoms. The van der Waals surface area contributed by atoms with E-state index in [4.69, 9.17) is 21.1 Å². The summed E-state index contributed by atoms with van der Waals surface area (Å²) in [6, 6.07) is 13.6. The third-order valence-corrected chi connectivity index (χ3v) is 4.88. The Kier molecular flexibility index (Phi) is 6.95. The maximum Gasteiger partial charge on any atom is 0.417 e. The molecule has 1 heterocycles. The van der Waals surface area contributed by atoms with Gasteiger partial charge in [0.15, 0.2) is 18.1 Å². The first-order chi connectivity index (χ1) is 14.0. The van der Waals surface area contributed by atoms with Crippen LogP contribution in [0.2, 0.25) is 5.02 Å². The van der Waals surface area contributed by atoms with Gasteiger partial charge in [-0.05, 0) is 42.3 Å². The molecular weight excluding hydrogens is 396 g/mol. The third kappa shape index (κ3) is 5.40. The Labute approximate surface area is 174 Å². The molecule has 3 rings (SSSR count). The number of rotatable bonds is 9. The molecular formula is C21H23ClN2O5. The smallest absolute Gasteiger partial charge is 0.417 e. The topological polar surface area (TPSA) is 77.1 Å². The van der Waals surface area contributed by atoms with Crippen LogP contribution in [0, 0.1) is 0 Å². The highest BCUT2D eigenvalue weighted by molar-refractivity contribution is 6.30. The molecule has 1 aliphatic heterocycles. The summed E-state index contributed by atoms with van der Waals surface area (Å²) in [5, 5.41) is 4.18. The number of nitrogens with one attached hydrogen (secondary N) is 1. The highest BCUT2D eigenvalue weighted by atomic mass is 35.5. The molecule has 0 aliphatic carbocycles. The van der Waals surface area contributed by atoms with Gasteiger partial charge < -0.3 is 19.5 Å². The summed E-state index contributed by atoms with van der Waals surface area (Å²) in [6.07, 6.45) is -0.637. The van der Waals surface area contributed by atoms with E-state index in [0.29, 0.717) is 23.1 Å². The van der Waals surface area contributed by atoms with Crippen molar-refractivity contribution in [2.24, 2.45) is 0 Å². The summed E-state index contributed by atoms with van der Waals surface area (Å²) in [7, 11) is 1.57. The van der Waals surface area contributed by atoms with Crippen molar-refractivity contribution in [3.63, 3.8) is 0 Å². The van der Waals surface area contributed by atoms with E-state index in [2.05, 4.69) is 17.0 Å². The molecule has 0 unspecified atom stereocenters. The van der Waals surface area contributed by atoms with Gasteiger partial charge >= 0.3 is 6.09 Å². The van der Waals surface area contributed by atoms with E-state index >= 15 is 0 Å². The van der Waals surface area contributed by atoms with Gasteiger partial charge in [0.05, 0.1) is 13.7 Å². The van der Waals surface area contributed by atoms with Crippen LogP contribution in [0.3, 0.4) is 0 Å². The second-order valence-corrected chi connectivity index (χ2v) is 7.02. The number of benzene rings is 2. The van der Waals surface area contributed by atoms with Crippen LogP contribution >= 0.6 is 11.6 Å². The van der Waals surface area contributed by atoms with E-state index < -0.39 is 6.09 Å². The van der Waals surface area contributed by atoms with Crippen molar-refractivity contribution in [3.8, 4) is 11.5 Å². The summed E-state index contributed by atoms with van der Waals surface area (Å²) < 4.78 is 15.8. The second-order valence-electron chi connectivity index (χ2n) is 6.59. The molecule has 154 valence electrons. The first-order valence-corrected chi connectivity index (χ1v) is 9.61. The minimum Gasteiger partial charge on any atom is -0.493 e. The predicted molar refractivity (Wildman–Crippen MR) is 108 cm³/mol. The molecule has 0 saturated carbocycles. The Morgan fingerprint density at radius 3 is 2.59 bits per heavy atom. The van der Waals surface area contributed by atoms with Gasteiger partial charge in [-0.15, -0.1) is 0 Å². The van der Waals surface area contributed by atoms with Crippen LogP contribution in [-0.4, -0.2) is 43.8 Å². The predicted octanol–water partition coefficient (Wildman–Crippen LogP) is 3.56. The van der Waals surface area contributed by atoms with E-state index in [9.17, 15) is 9.59 Å². The Morgan fingerprint density at radius 2 is 1.93 bits per heavy atom. The fraction of sp³-hybridized carbons (Fsp3) is 0.333. The summed E-state index contributed by atoms with van der Waals surface area (Å²) in [5.41, 5.74) is 2.18. The van der Waals surface area contributed by atoms with Crippen LogP contribution in [0.25, 0.3) is 0 Å². The van der Waals surface area contributed by atoms with E-state index in [1.165, 1.54) is 0 Å². The third-order valence-electron chi connectivity index (χ3n) is 4.62. The van der Waals surface area contributed by atoms with Crippen LogP contribution in [0.5, 0.6) is 11.5 Å². The molecule has 2 aromatic carbocycles. The number of ether oxygens (including phenoxy) is 3. The summed E-state index contributed by atoms with van der Waals surface area (Å²) in [4.78, 5) is 24.0. The van der Waals surface area contributed by atoms with Gasteiger partial charge in [-0.25, -0.2) is 9.69 Å². The molecule has 2 aromatic rings. The number of carbonyl (C=O) groups excluding carboxylic acids is 2. The molecule has 1 atom stereocenters. The highest BCUT2D eigenvalue weighted by Gasteiger charge is 2.30. The lowest BCUT2D eigenvalue weighted by molar-refractivity contribution is -0.126. The largest absolute Gasteiger partial charge is 0.493 e. The van der Waals surface area contributed by atoms with Crippen molar-refractivity contribution in [1.82, 2.24) is 10.2 Å². The van der Waals surface area contributed by atoms with Gasteiger partial charge in [-0.3, -0.25) is 4.79 Å². The highest BCUT2D eigenvalue weighted by Crippen LogP contribution is 2.28. The standard InChI is InChI=1S/C21H23ClN2O5/c1-14(16-4-6-17(22)7-5-16)23-12-15-3-8-18(19(11-15)27-2)28-10-9-24-20(25)13-29-21(24)26/h3-8,11,14,23H,9-10,12-13H2,1-2H3/t14-/m0/s1. The van der Waals surface area contributed by atoms with Crippen molar-refractivity contribution in [2.75, 3.05) is 26.9 Å². The number of halogens is 1. The second kappa shape index (κ2) is 9.62. The number of carbonyl (C=O) groups is 2. The summed E-state index contributed by atoms with van der Waals surface area (Å²) in [5.74, 6) is 0.766. The minimum absolute atomic E-state index is 0.128. The molecule has 1 N–H and O–H groups in total. The number of nitrogens with zero attached hydrogens (tertiary/aromatic N) is 1. The van der Waals surface area contributed by atoms with E-state index in [1.807, 2.05) is 42.5 Å². The zero-order chi connectivity index (χ0) is 20.8. The summed E-state index contributed by atoms with van der Waals surface area (Å²) >= 11 is 5.94. The van der Waals surface area contributed by atoms with Crippen LogP contribution < -0.4 is 14.8 Å². The van der Waals surface area contributed by atoms with Crippen LogP contribution in [-0.2, 0) is 16.1 Å². The SMILES string of the molecule is COc1cc(CN[C@@H](C)c2ccc(Cl)cc2)ccc1OCCN1C(=O)COC1=O. The lowest BCUT2D eigenvalue weighted by Crippen LogP contribution is -2.33. The van der Waals surface area contributed by atoms with E-state index in [1.54, 1.807) is 7.11 Å². The van der Waals surface area contributed by atoms with Gasteiger partial charge in [0, 0.05) is 17.6 Å². The van der Waals surface area contributed by atoms with Gasteiger partial charge in [0.25, 0.3) is 5.91 Å². The molecule has 1 saturated heterocycles. The molecule has 0 spiro atoms. The van der Waals surface area contributed by atoms with Gasteiger partial charge in [0.1, 0.15) is 6.61 Å². The van der Waals surface area contributed by atoms with Crippen molar-refractivity contribution in [1.29, 1.82) is 0 Å². The minimum atomic E-state index is -0.637. The molecule has 29 heavy (non-hydrogen) atoms. The average Bonchev–Trinajstić information content (AvgIpc) is 3.05. The zero-order valence-electron chi connectivity index (χ0n) is 16.3. The Hall–Kier alpha value is -2.77. The van der Waals surface area contributed by atoms with Crippen molar-refractivity contribution >= 4 is 23.6 Å². The number of imide groups is 1. The monoisotopic (exact) mass is 418 g/mol. The lowest BCUT2D eigenvalue weighted by Gasteiger charge is -2.17. The maximum atomic E-state index is 11.5. The Bertz CT molecular complexity index is 856. The van der Waals surface area contributed by atoms with Crippen molar-refractivity contribution < 1.29 is 23.8 Å². The Balaban J connectivity index is 1.54. The van der Waals surface area contributed by atoms with E-state index in [0.717, 1.165) is 16.0 Å². The Morgan fingerprint density at radius 1 is 1.17 bits per heavy atom. The molecule has 0 bridgehead atoms. The van der Waals surface area contributed by atoms with Crippen LogP contribution in [0.1, 0.15) is 24.1 Å². The number of hydrogen-bond acceptors (Lipinski definition) is 6. The van der Waals surface area contributed by atoms with Gasteiger partial charge in [0.2, 0.25) is 0 Å². The lowest BCUT2D eigenvalue weighted by atomic mass is 10.1. The fourth-order valence-electron chi connectivity index (χ4n) is 2.93. The van der Waals surface area contributed by atoms with Crippen molar-refractivity contribution in [2.45, 2.75) is 19.5 Å². The molecule has 0 radical (unpaired) electrons. The number of cyclic esters (lactones) is 1. The molecule has 0 aromatic heterocycles. The fourth-order valence-corrected chi connectivity index (χ4v) is 3.05. The molecule has 1 fully saturated rings. The normalized spacial score (nSPS) is 14.7. The summed E-state index contributed by atoms with van der Waals surface area (Å²) in [6.45, 7) is 2.81. The first kappa shape index (κ1) is 21.0. The van der Waals surface area contributed by atoms with Gasteiger partial charge in [-0.2, -0.15) is 0 Å². The number of hydrogen-bond donors (Lipinski definition) is 1. The van der Waals surface area contributed by atoms with Crippen LogP contribution in [0.4, 0.5) is 4.79 Å². The molecule has 1 aliphatic rings. The van der Waals surface area contributed by atoms with E-state index in [-0.39, 0.29) is 31.7 Å².